The number of amides is 1. The van der Waals surface area contributed by atoms with Crippen molar-refractivity contribution < 1.29 is 13.9 Å². The molecule has 0 fully saturated rings. The number of hydrazine groups is 1. The maximum absolute atomic E-state index is 14.4. The highest BCUT2D eigenvalue weighted by molar-refractivity contribution is 5.99. The Balaban J connectivity index is 2.25. The number of ether oxygens (including phenoxy) is 1. The third kappa shape index (κ3) is 6.92. The molecule has 2 atom stereocenters. The molecule has 34 heavy (non-hydrogen) atoms. The first-order valence-corrected chi connectivity index (χ1v) is 11.0. The average Bonchev–Trinajstić information content (AvgIpc) is 2.81. The first-order chi connectivity index (χ1) is 16.2. The molecule has 1 aliphatic rings. The van der Waals surface area contributed by atoms with E-state index in [1.165, 1.54) is 6.08 Å². The van der Waals surface area contributed by atoms with E-state index < -0.39 is 12.3 Å². The molecule has 9 nitrogen and oxygen atoms in total. The van der Waals surface area contributed by atoms with E-state index in [1.807, 2.05) is 19.1 Å². The molecule has 0 saturated heterocycles. The number of amidine groups is 1. The van der Waals surface area contributed by atoms with Crippen molar-refractivity contribution in [2.24, 2.45) is 10.7 Å². The summed E-state index contributed by atoms with van der Waals surface area (Å²) in [6.45, 7) is 11.0. The van der Waals surface area contributed by atoms with Gasteiger partial charge in [0.2, 0.25) is 0 Å². The number of carbonyl (C=O) groups excluding carboxylic acids is 1. The second-order valence-electron chi connectivity index (χ2n) is 7.84. The van der Waals surface area contributed by atoms with Crippen molar-refractivity contribution in [1.82, 2.24) is 21.0 Å². The monoisotopic (exact) mass is 471 g/mol. The Morgan fingerprint density at radius 1 is 1.44 bits per heavy atom. The van der Waals surface area contributed by atoms with Gasteiger partial charge in [-0.25, -0.2) is 24.6 Å². The number of aliphatic imine (C=N–C) groups is 1. The fourth-order valence-electron chi connectivity index (χ4n) is 3.34. The first kappa shape index (κ1) is 26.6. The summed E-state index contributed by atoms with van der Waals surface area (Å²) in [6.07, 6.45) is 6.58. The van der Waals surface area contributed by atoms with E-state index in [1.54, 1.807) is 57.4 Å². The van der Waals surface area contributed by atoms with Crippen LogP contribution in [0.5, 0.6) is 0 Å². The van der Waals surface area contributed by atoms with Crippen molar-refractivity contribution in [3.05, 3.63) is 72.0 Å². The Labute approximate surface area is 200 Å². The number of aromatic nitrogens is 1. The highest BCUT2D eigenvalue weighted by Crippen LogP contribution is 2.29. The Morgan fingerprint density at radius 3 is 2.76 bits per heavy atom. The largest absolute Gasteiger partial charge is 0.447 e. The van der Waals surface area contributed by atoms with Gasteiger partial charge in [-0.2, -0.15) is 0 Å². The molecule has 0 saturated carbocycles. The Bertz CT molecular complexity index is 1000. The summed E-state index contributed by atoms with van der Waals surface area (Å²) in [5.74, 6) is 0.300. The summed E-state index contributed by atoms with van der Waals surface area (Å²) in [4.78, 5) is 20.9. The number of allylic oxidation sites excluding steroid dienone is 3. The Hall–Kier alpha value is -3.66. The van der Waals surface area contributed by atoms with Crippen LogP contribution in [0, 0.1) is 0 Å². The molecule has 0 spiro atoms. The Kier molecular flexibility index (Phi) is 9.81. The minimum Gasteiger partial charge on any atom is -0.447 e. The first-order valence-electron chi connectivity index (χ1n) is 11.0. The molecule has 2 rings (SSSR count). The molecule has 1 aliphatic heterocycles. The van der Waals surface area contributed by atoms with Crippen LogP contribution in [0.15, 0.2) is 71.4 Å². The number of nitrogens with two attached hydrogens (primary N) is 1. The van der Waals surface area contributed by atoms with E-state index >= 15 is 0 Å². The maximum atomic E-state index is 14.4. The SMILES string of the molecule is C=C/C=C(CN(NC)c1ncccc1C(C)C1N=C(N)C(NC(=O)OC(C)C)=CN1)\C(F)=C/C. The van der Waals surface area contributed by atoms with Crippen molar-refractivity contribution in [2.75, 3.05) is 18.6 Å². The quantitative estimate of drug-likeness (QED) is 0.305. The zero-order chi connectivity index (χ0) is 25.3. The lowest BCUT2D eigenvalue weighted by molar-refractivity contribution is 0.118. The van der Waals surface area contributed by atoms with Crippen molar-refractivity contribution >= 4 is 17.7 Å². The van der Waals surface area contributed by atoms with Crippen LogP contribution in [0.4, 0.5) is 15.0 Å². The lowest BCUT2D eigenvalue weighted by Crippen LogP contribution is -2.43. The number of carbonyl (C=O) groups is 1. The molecule has 2 heterocycles. The summed E-state index contributed by atoms with van der Waals surface area (Å²) in [6, 6.07) is 3.77. The van der Waals surface area contributed by atoms with Crippen molar-refractivity contribution in [2.45, 2.75) is 45.9 Å². The molecule has 0 radical (unpaired) electrons. The van der Waals surface area contributed by atoms with Gasteiger partial charge < -0.3 is 15.8 Å². The van der Waals surface area contributed by atoms with E-state index in [0.717, 1.165) is 5.56 Å². The standard InChI is InChI=1S/C24H34FN7O2/c1-7-10-17(19(25)8-2)14-32(27-6)23-18(11-9-12-28-23)16(5)22-29-13-20(21(26)31-22)30-24(33)34-15(3)4/h7-13,15-16,22,27,29H,1,14H2,2-6H3,(H2,26,31)(H,30,33)/b17-10-,19-8+. The molecule has 1 aromatic heterocycles. The van der Waals surface area contributed by atoms with Crippen molar-refractivity contribution in [3.63, 3.8) is 0 Å². The number of pyridine rings is 1. The summed E-state index contributed by atoms with van der Waals surface area (Å²) in [5, 5.41) is 7.51. The van der Waals surface area contributed by atoms with E-state index in [2.05, 4.69) is 32.6 Å². The molecule has 1 amide bonds. The zero-order valence-electron chi connectivity index (χ0n) is 20.3. The molecule has 10 heteroatoms. The van der Waals surface area contributed by atoms with Gasteiger partial charge in [0.25, 0.3) is 0 Å². The van der Waals surface area contributed by atoms with E-state index in [4.69, 9.17) is 10.5 Å². The smallest absolute Gasteiger partial charge is 0.412 e. The number of anilines is 1. The number of nitrogens with zero attached hydrogens (tertiary/aromatic N) is 3. The molecular formula is C24H34FN7O2. The molecule has 0 bridgehead atoms. The fraction of sp³-hybridized carbons (Fsp3) is 0.375. The predicted molar refractivity (Wildman–Crippen MR) is 134 cm³/mol. The number of hydrogen-bond donors (Lipinski definition) is 4. The Morgan fingerprint density at radius 2 is 2.18 bits per heavy atom. The highest BCUT2D eigenvalue weighted by Gasteiger charge is 2.27. The van der Waals surface area contributed by atoms with Gasteiger partial charge in [0.1, 0.15) is 29.3 Å². The number of alkyl carbamates (subject to hydrolysis) is 1. The molecule has 0 aliphatic carbocycles. The van der Waals surface area contributed by atoms with E-state index in [9.17, 15) is 9.18 Å². The highest BCUT2D eigenvalue weighted by atomic mass is 19.1. The summed E-state index contributed by atoms with van der Waals surface area (Å²) < 4.78 is 19.5. The van der Waals surface area contributed by atoms with Crippen LogP contribution in [-0.4, -0.2) is 42.8 Å². The number of nitrogens with one attached hydrogen (secondary N) is 3. The predicted octanol–water partition coefficient (Wildman–Crippen LogP) is 3.37. The third-order valence-corrected chi connectivity index (χ3v) is 5.05. The van der Waals surface area contributed by atoms with Gasteiger partial charge in [-0.05, 0) is 26.8 Å². The van der Waals surface area contributed by atoms with Gasteiger partial charge in [-0.1, -0.05) is 37.8 Å². The van der Waals surface area contributed by atoms with Crippen LogP contribution in [0.3, 0.4) is 0 Å². The van der Waals surface area contributed by atoms with Gasteiger partial charge in [0, 0.05) is 36.5 Å². The lowest BCUT2D eigenvalue weighted by atomic mass is 9.97. The average molecular weight is 472 g/mol. The normalized spacial score (nSPS) is 17.3. The lowest BCUT2D eigenvalue weighted by Gasteiger charge is -2.30. The number of halogens is 1. The van der Waals surface area contributed by atoms with Gasteiger partial charge in [-0.15, -0.1) is 0 Å². The second-order valence-corrected chi connectivity index (χ2v) is 7.84. The fourth-order valence-corrected chi connectivity index (χ4v) is 3.34. The summed E-state index contributed by atoms with van der Waals surface area (Å²) >= 11 is 0. The molecule has 5 N–H and O–H groups in total. The van der Waals surface area contributed by atoms with Crippen LogP contribution in [0.25, 0.3) is 0 Å². The zero-order valence-corrected chi connectivity index (χ0v) is 20.3. The van der Waals surface area contributed by atoms with E-state index in [0.29, 0.717) is 17.1 Å². The number of rotatable bonds is 10. The van der Waals surface area contributed by atoms with Crippen LogP contribution in [-0.2, 0) is 4.74 Å². The van der Waals surface area contributed by atoms with Crippen molar-refractivity contribution in [1.29, 1.82) is 0 Å². The number of hydrogen-bond acceptors (Lipinski definition) is 8. The van der Waals surface area contributed by atoms with Crippen LogP contribution in [0.2, 0.25) is 0 Å². The topological polar surface area (TPSA) is 117 Å². The van der Waals surface area contributed by atoms with Gasteiger partial charge in [-0.3, -0.25) is 10.3 Å². The van der Waals surface area contributed by atoms with Gasteiger partial charge >= 0.3 is 6.09 Å². The van der Waals surface area contributed by atoms with Crippen LogP contribution >= 0.6 is 0 Å². The van der Waals surface area contributed by atoms with Crippen LogP contribution in [0.1, 0.15) is 39.2 Å². The molecule has 184 valence electrons. The van der Waals surface area contributed by atoms with Crippen LogP contribution < -0.4 is 26.8 Å². The molecule has 2 unspecified atom stereocenters. The molecule has 0 aromatic carbocycles. The van der Waals surface area contributed by atoms with Gasteiger partial charge in [0.05, 0.1) is 12.6 Å². The molecular weight excluding hydrogens is 437 g/mol. The maximum Gasteiger partial charge on any atom is 0.412 e. The summed E-state index contributed by atoms with van der Waals surface area (Å²) in [7, 11) is 1.74. The van der Waals surface area contributed by atoms with Crippen molar-refractivity contribution in [3.8, 4) is 0 Å². The van der Waals surface area contributed by atoms with E-state index in [-0.39, 0.29) is 30.2 Å². The minimum atomic E-state index is -0.608. The third-order valence-electron chi connectivity index (χ3n) is 5.05. The molecule has 1 aromatic rings. The summed E-state index contributed by atoms with van der Waals surface area (Å²) in [5.41, 5.74) is 10.8. The minimum absolute atomic E-state index is 0.170. The van der Waals surface area contributed by atoms with Gasteiger partial charge in [0.15, 0.2) is 0 Å². The second kappa shape index (κ2) is 12.5.